The van der Waals surface area contributed by atoms with E-state index in [0.29, 0.717) is 17.4 Å². The highest BCUT2D eigenvalue weighted by Crippen LogP contribution is 2.38. The fraction of sp³-hybridized carbons (Fsp3) is 0.825. The van der Waals surface area contributed by atoms with Crippen LogP contribution in [0.25, 0.3) is 0 Å². The molecule has 0 fully saturated rings. The first-order valence-electron chi connectivity index (χ1n) is 19.9. The first-order valence-corrected chi connectivity index (χ1v) is 21.3. The van der Waals surface area contributed by atoms with Crippen LogP contribution in [0.1, 0.15) is 162 Å². The summed E-state index contributed by atoms with van der Waals surface area (Å²) in [5.41, 5.74) is 0. The average Bonchev–Trinajstić information content (AvgIpc) is 3.04. The number of carbonyl (C=O) groups excluding carboxylic acids is 1. The van der Waals surface area contributed by atoms with Crippen molar-refractivity contribution in [3.05, 3.63) is 36.5 Å². The lowest BCUT2D eigenvalue weighted by molar-refractivity contribution is -0.870. The van der Waals surface area contributed by atoms with E-state index in [-0.39, 0.29) is 12.5 Å². The van der Waals surface area contributed by atoms with Gasteiger partial charge < -0.3 is 28.8 Å². The molecule has 0 aliphatic carbocycles. The summed E-state index contributed by atoms with van der Waals surface area (Å²) in [6.07, 6.45) is 37.7. The number of amides is 1. The first-order chi connectivity index (χ1) is 23.5. The Morgan fingerprint density at radius 3 is 1.71 bits per heavy atom. The number of hydrogen-bond donors (Lipinski definition) is 2. The Balaban J connectivity index is 4.55. The molecule has 0 aliphatic heterocycles. The SMILES string of the molecule is CCCC/C=C\CCCCCCC(=O)NC(COP(=O)([O-])OCC[N+](C)(C)C)C(O)/C=C/CC/C=C/CCCCCCCCCCCCC. The van der Waals surface area contributed by atoms with Gasteiger partial charge in [-0.25, -0.2) is 0 Å². The van der Waals surface area contributed by atoms with Crippen LogP contribution < -0.4 is 10.2 Å². The molecule has 0 bridgehead atoms. The van der Waals surface area contributed by atoms with E-state index in [1.165, 1.54) is 83.5 Å². The maximum Gasteiger partial charge on any atom is 0.268 e. The maximum absolute atomic E-state index is 12.7. The van der Waals surface area contributed by atoms with Gasteiger partial charge in [0.05, 0.1) is 39.9 Å². The molecule has 0 heterocycles. The molecule has 3 unspecified atom stereocenters. The number of aliphatic hydroxyl groups excluding tert-OH is 1. The number of carbonyl (C=O) groups is 1. The van der Waals surface area contributed by atoms with Crippen LogP contribution in [0.15, 0.2) is 36.5 Å². The van der Waals surface area contributed by atoms with Crippen LogP contribution in [-0.2, 0) is 18.4 Å². The highest BCUT2D eigenvalue weighted by molar-refractivity contribution is 7.45. The number of phosphoric acid groups is 1. The zero-order valence-electron chi connectivity index (χ0n) is 32.4. The summed E-state index contributed by atoms with van der Waals surface area (Å²) in [6.45, 7) is 4.54. The molecule has 8 nitrogen and oxygen atoms in total. The van der Waals surface area contributed by atoms with E-state index in [4.69, 9.17) is 9.05 Å². The van der Waals surface area contributed by atoms with Crippen molar-refractivity contribution in [3.63, 3.8) is 0 Å². The molecule has 0 spiro atoms. The number of phosphoric ester groups is 1. The highest BCUT2D eigenvalue weighted by atomic mass is 31.2. The number of nitrogens with one attached hydrogen (secondary N) is 1. The minimum Gasteiger partial charge on any atom is -0.756 e. The van der Waals surface area contributed by atoms with E-state index in [1.807, 2.05) is 27.2 Å². The maximum atomic E-state index is 12.7. The molecule has 49 heavy (non-hydrogen) atoms. The van der Waals surface area contributed by atoms with Crippen molar-refractivity contribution in [1.82, 2.24) is 5.32 Å². The molecule has 3 atom stereocenters. The molecule has 0 aromatic carbocycles. The van der Waals surface area contributed by atoms with Gasteiger partial charge in [0.1, 0.15) is 13.2 Å². The summed E-state index contributed by atoms with van der Waals surface area (Å²) < 4.78 is 23.1. The molecule has 0 saturated carbocycles. The number of aliphatic hydroxyl groups is 1. The van der Waals surface area contributed by atoms with Gasteiger partial charge in [0.15, 0.2) is 0 Å². The number of hydrogen-bond acceptors (Lipinski definition) is 6. The van der Waals surface area contributed by atoms with Crippen molar-refractivity contribution in [2.45, 2.75) is 174 Å². The average molecular weight is 713 g/mol. The van der Waals surface area contributed by atoms with E-state index in [2.05, 4.69) is 43.5 Å². The number of unbranched alkanes of at least 4 members (excludes halogenated alkanes) is 18. The summed E-state index contributed by atoms with van der Waals surface area (Å²) >= 11 is 0. The van der Waals surface area contributed by atoms with Crippen LogP contribution in [0, 0.1) is 0 Å². The van der Waals surface area contributed by atoms with Crippen LogP contribution in [0.2, 0.25) is 0 Å². The van der Waals surface area contributed by atoms with Crippen molar-refractivity contribution < 1.29 is 32.9 Å². The molecule has 1 amide bonds. The summed E-state index contributed by atoms with van der Waals surface area (Å²) in [4.78, 5) is 25.1. The van der Waals surface area contributed by atoms with E-state index in [1.54, 1.807) is 6.08 Å². The van der Waals surface area contributed by atoms with Gasteiger partial charge in [-0.3, -0.25) is 9.36 Å². The molecule has 2 N–H and O–H groups in total. The molecule has 288 valence electrons. The van der Waals surface area contributed by atoms with Crippen molar-refractivity contribution in [1.29, 1.82) is 0 Å². The summed E-state index contributed by atoms with van der Waals surface area (Å²) in [5, 5.41) is 13.7. The van der Waals surface area contributed by atoms with Crippen LogP contribution in [0.4, 0.5) is 0 Å². The standard InChI is InChI=1S/C40H77N2O6P/c1-6-8-10-12-14-16-18-19-20-21-22-23-24-25-27-29-31-33-39(43)38(37-48-49(45,46)47-36-35-42(3,4)5)41-40(44)34-32-30-28-26-17-15-13-11-9-7-2/h13,15,24-25,31,33,38-39,43H,6-12,14,16-23,26-30,32,34-37H2,1-5H3,(H-,41,44,45,46)/b15-13-,25-24+,33-31+. The minimum absolute atomic E-state index is 0.00887. The van der Waals surface area contributed by atoms with E-state index >= 15 is 0 Å². The number of nitrogens with zero attached hydrogens (tertiary/aromatic N) is 1. The lowest BCUT2D eigenvalue weighted by atomic mass is 10.1. The second-order valence-corrected chi connectivity index (χ2v) is 16.0. The molecule has 0 rings (SSSR count). The summed E-state index contributed by atoms with van der Waals surface area (Å²) in [6, 6.07) is -0.905. The Morgan fingerprint density at radius 1 is 0.694 bits per heavy atom. The monoisotopic (exact) mass is 713 g/mol. The molecular formula is C40H77N2O6P. The Hall–Kier alpha value is -1.28. The molecule has 0 radical (unpaired) electrons. The van der Waals surface area contributed by atoms with Crippen LogP contribution in [0.5, 0.6) is 0 Å². The third kappa shape index (κ3) is 34.9. The summed E-state index contributed by atoms with van der Waals surface area (Å²) in [5.74, 6) is -0.225. The third-order valence-electron chi connectivity index (χ3n) is 8.57. The second-order valence-electron chi connectivity index (χ2n) is 14.6. The van der Waals surface area contributed by atoms with Gasteiger partial charge in [-0.15, -0.1) is 0 Å². The lowest BCUT2D eigenvalue weighted by Crippen LogP contribution is -2.45. The number of likely N-dealkylation sites (N-methyl/N-ethyl adjacent to an activating group) is 1. The third-order valence-corrected chi connectivity index (χ3v) is 9.54. The van der Waals surface area contributed by atoms with Gasteiger partial charge in [0.2, 0.25) is 5.91 Å². The molecular weight excluding hydrogens is 635 g/mol. The molecule has 0 saturated heterocycles. The van der Waals surface area contributed by atoms with Crippen LogP contribution in [-0.4, -0.2) is 68.5 Å². The fourth-order valence-electron chi connectivity index (χ4n) is 5.32. The van der Waals surface area contributed by atoms with Gasteiger partial charge in [0.25, 0.3) is 7.82 Å². The largest absolute Gasteiger partial charge is 0.756 e. The topological polar surface area (TPSA) is 108 Å². The molecule has 9 heteroatoms. The lowest BCUT2D eigenvalue weighted by Gasteiger charge is -2.29. The quantitative estimate of drug-likeness (QED) is 0.0293. The predicted octanol–water partition coefficient (Wildman–Crippen LogP) is 9.72. The number of allylic oxidation sites excluding steroid dienone is 5. The molecule has 0 aromatic heterocycles. The van der Waals surface area contributed by atoms with Gasteiger partial charge >= 0.3 is 0 Å². The Labute approximate surface area is 302 Å². The van der Waals surface area contributed by atoms with E-state index in [0.717, 1.165) is 57.8 Å². The van der Waals surface area contributed by atoms with Gasteiger partial charge in [-0.05, 0) is 51.4 Å². The Kier molecular flexibility index (Phi) is 31.8. The molecule has 0 aromatic rings. The van der Waals surface area contributed by atoms with Crippen molar-refractivity contribution in [2.24, 2.45) is 0 Å². The van der Waals surface area contributed by atoms with E-state index in [9.17, 15) is 19.4 Å². The normalized spacial score (nSPS) is 15.0. The number of rotatable bonds is 35. The van der Waals surface area contributed by atoms with Gasteiger partial charge in [-0.1, -0.05) is 140 Å². The van der Waals surface area contributed by atoms with E-state index < -0.39 is 26.6 Å². The number of quaternary nitrogens is 1. The molecule has 0 aliphatic rings. The highest BCUT2D eigenvalue weighted by Gasteiger charge is 2.23. The van der Waals surface area contributed by atoms with Gasteiger partial charge in [0, 0.05) is 6.42 Å². The van der Waals surface area contributed by atoms with Crippen LogP contribution >= 0.6 is 7.82 Å². The Morgan fingerprint density at radius 2 is 1.16 bits per heavy atom. The van der Waals surface area contributed by atoms with Crippen molar-refractivity contribution in [2.75, 3.05) is 40.9 Å². The zero-order chi connectivity index (χ0) is 36.5. The van der Waals surface area contributed by atoms with Crippen molar-refractivity contribution >= 4 is 13.7 Å². The smallest absolute Gasteiger partial charge is 0.268 e. The summed E-state index contributed by atoms with van der Waals surface area (Å²) in [7, 11) is 1.23. The fourth-order valence-corrected chi connectivity index (χ4v) is 6.05. The van der Waals surface area contributed by atoms with Gasteiger partial charge in [-0.2, -0.15) is 0 Å². The zero-order valence-corrected chi connectivity index (χ0v) is 33.3. The Bertz CT molecular complexity index is 902. The van der Waals surface area contributed by atoms with Crippen molar-refractivity contribution in [3.8, 4) is 0 Å². The first kappa shape index (κ1) is 47.7. The minimum atomic E-state index is -4.59. The predicted molar refractivity (Wildman–Crippen MR) is 205 cm³/mol. The van der Waals surface area contributed by atoms with Crippen LogP contribution in [0.3, 0.4) is 0 Å². The second kappa shape index (κ2) is 32.6.